The van der Waals surface area contributed by atoms with E-state index in [1.54, 1.807) is 0 Å². The molecule has 0 aromatic carbocycles. The molecule has 114 valence electrons. The molecule has 0 saturated heterocycles. The second-order valence-electron chi connectivity index (χ2n) is 3.75. The summed E-state index contributed by atoms with van der Waals surface area (Å²) in [6.07, 6.45) is -4.08. The molecule has 12 heteroatoms. The third-order valence-electron chi connectivity index (χ3n) is 2.18. The molecule has 0 amide bonds. The van der Waals surface area contributed by atoms with Crippen LogP contribution >= 0.6 is 23.1 Å². The van der Waals surface area contributed by atoms with E-state index in [4.69, 9.17) is 5.11 Å². The summed E-state index contributed by atoms with van der Waals surface area (Å²) >= 11 is 1.24. The fourth-order valence-corrected chi connectivity index (χ4v) is 3.28. The molecule has 2 aromatic heterocycles. The summed E-state index contributed by atoms with van der Waals surface area (Å²) < 4.78 is 39.5. The number of hydrogen-bond donors (Lipinski definition) is 1. The van der Waals surface area contributed by atoms with Crippen molar-refractivity contribution >= 4 is 29.1 Å². The summed E-state index contributed by atoms with van der Waals surface area (Å²) in [6.45, 7) is 2.39. The van der Waals surface area contributed by atoms with E-state index >= 15 is 0 Å². The standard InChI is InChI=1S/C9H8F3N5O2S2/c1-2-3-17-7(14-15-16-17)21-8-13-5(9(10,11)12)4(20-8)6(18)19/h2-3H2,1H3,(H,18,19). The Hall–Kier alpha value is -1.69. The van der Waals surface area contributed by atoms with Gasteiger partial charge in [0.15, 0.2) is 10.0 Å². The van der Waals surface area contributed by atoms with E-state index in [9.17, 15) is 18.0 Å². The molecule has 0 radical (unpaired) electrons. The third kappa shape index (κ3) is 3.50. The summed E-state index contributed by atoms with van der Waals surface area (Å²) in [7, 11) is 0. The lowest BCUT2D eigenvalue weighted by Gasteiger charge is -2.02. The van der Waals surface area contributed by atoms with E-state index in [1.807, 2.05) is 6.92 Å². The molecule has 0 aliphatic heterocycles. The lowest BCUT2D eigenvalue weighted by Crippen LogP contribution is -2.11. The van der Waals surface area contributed by atoms with E-state index < -0.39 is 22.7 Å². The molecule has 2 heterocycles. The van der Waals surface area contributed by atoms with Crippen molar-refractivity contribution < 1.29 is 23.1 Å². The highest BCUT2D eigenvalue weighted by Crippen LogP contribution is 2.38. The number of hydrogen-bond acceptors (Lipinski definition) is 7. The molecule has 0 aliphatic rings. The number of carboxylic acid groups (broad SMARTS) is 1. The number of rotatable bonds is 5. The number of alkyl halides is 3. The van der Waals surface area contributed by atoms with E-state index in [2.05, 4.69) is 20.5 Å². The van der Waals surface area contributed by atoms with E-state index in [-0.39, 0.29) is 9.50 Å². The van der Waals surface area contributed by atoms with Gasteiger partial charge in [0.25, 0.3) is 0 Å². The van der Waals surface area contributed by atoms with Crippen molar-refractivity contribution in [2.75, 3.05) is 0 Å². The number of carbonyl (C=O) groups is 1. The number of aromatic nitrogens is 5. The maximum Gasteiger partial charge on any atom is 0.435 e. The van der Waals surface area contributed by atoms with Gasteiger partial charge in [-0.3, -0.25) is 0 Å². The van der Waals surface area contributed by atoms with E-state index in [0.717, 1.165) is 18.2 Å². The van der Waals surface area contributed by atoms with Crippen LogP contribution < -0.4 is 0 Å². The van der Waals surface area contributed by atoms with Crippen LogP contribution in [0.5, 0.6) is 0 Å². The van der Waals surface area contributed by atoms with Gasteiger partial charge < -0.3 is 5.11 Å². The molecule has 0 bridgehead atoms. The Kier molecular flexibility index (Phi) is 4.46. The van der Waals surface area contributed by atoms with Crippen molar-refractivity contribution in [3.05, 3.63) is 10.6 Å². The fourth-order valence-electron chi connectivity index (χ4n) is 1.38. The summed E-state index contributed by atoms with van der Waals surface area (Å²) in [5.74, 6) is -1.67. The average Bonchev–Trinajstić information content (AvgIpc) is 2.97. The molecule has 0 fully saturated rings. The normalized spacial score (nSPS) is 11.8. The topological polar surface area (TPSA) is 93.8 Å². The van der Waals surface area contributed by atoms with Crippen molar-refractivity contribution in [2.24, 2.45) is 0 Å². The number of carboxylic acids is 1. The zero-order chi connectivity index (χ0) is 15.6. The largest absolute Gasteiger partial charge is 0.477 e. The maximum atomic E-state index is 12.7. The second kappa shape index (κ2) is 5.97. The van der Waals surface area contributed by atoms with Crippen molar-refractivity contribution in [2.45, 2.75) is 35.6 Å². The van der Waals surface area contributed by atoms with Gasteiger partial charge in [0, 0.05) is 6.54 Å². The zero-order valence-electron chi connectivity index (χ0n) is 10.5. The zero-order valence-corrected chi connectivity index (χ0v) is 12.1. The monoisotopic (exact) mass is 339 g/mol. The maximum absolute atomic E-state index is 12.7. The smallest absolute Gasteiger partial charge is 0.435 e. The molecule has 0 unspecified atom stereocenters. The van der Waals surface area contributed by atoms with Gasteiger partial charge in [0.2, 0.25) is 5.16 Å². The number of halogens is 3. The van der Waals surface area contributed by atoms with Crippen LogP contribution in [0.1, 0.15) is 28.7 Å². The number of aromatic carboxylic acids is 1. The first-order valence-electron chi connectivity index (χ1n) is 5.58. The molecule has 0 atom stereocenters. The first kappa shape index (κ1) is 15.7. The van der Waals surface area contributed by atoms with Crippen molar-refractivity contribution in [1.82, 2.24) is 25.2 Å². The number of nitrogens with zero attached hydrogens (tertiary/aromatic N) is 5. The van der Waals surface area contributed by atoms with Gasteiger partial charge in [-0.2, -0.15) is 13.2 Å². The van der Waals surface area contributed by atoms with Crippen LogP contribution in [0.4, 0.5) is 13.2 Å². The molecular formula is C9H8F3N5O2S2. The van der Waals surface area contributed by atoms with Crippen LogP contribution in [-0.4, -0.2) is 36.3 Å². The van der Waals surface area contributed by atoms with Crippen LogP contribution in [-0.2, 0) is 12.7 Å². The van der Waals surface area contributed by atoms with Gasteiger partial charge in [-0.15, -0.1) is 5.10 Å². The minimum atomic E-state index is -4.82. The van der Waals surface area contributed by atoms with Crippen molar-refractivity contribution in [1.29, 1.82) is 0 Å². The molecular weight excluding hydrogens is 331 g/mol. The molecule has 1 N–H and O–H groups in total. The van der Waals surface area contributed by atoms with Gasteiger partial charge in [-0.25, -0.2) is 14.5 Å². The number of aryl methyl sites for hydroxylation is 1. The minimum Gasteiger partial charge on any atom is -0.477 e. The SMILES string of the molecule is CCCn1nnnc1Sc1nc(C(F)(F)F)c(C(=O)O)s1. The van der Waals surface area contributed by atoms with Gasteiger partial charge >= 0.3 is 12.1 Å². The molecule has 0 spiro atoms. The van der Waals surface area contributed by atoms with E-state index in [1.165, 1.54) is 4.68 Å². The fraction of sp³-hybridized carbons (Fsp3) is 0.444. The van der Waals surface area contributed by atoms with Gasteiger partial charge in [0.1, 0.15) is 4.88 Å². The van der Waals surface area contributed by atoms with Crippen LogP contribution in [0.3, 0.4) is 0 Å². The number of thiazole rings is 1. The van der Waals surface area contributed by atoms with Crippen LogP contribution in [0.25, 0.3) is 0 Å². The Bertz CT molecular complexity index is 654. The first-order chi connectivity index (χ1) is 9.82. The third-order valence-corrected chi connectivity index (χ3v) is 4.26. The highest BCUT2D eigenvalue weighted by Gasteiger charge is 2.40. The molecule has 21 heavy (non-hydrogen) atoms. The summed E-state index contributed by atoms with van der Waals surface area (Å²) in [5.41, 5.74) is -1.41. The predicted octanol–water partition coefficient (Wildman–Crippen LogP) is 2.41. The Balaban J connectivity index is 2.33. The lowest BCUT2D eigenvalue weighted by molar-refractivity contribution is -0.141. The molecule has 2 aromatic rings. The quantitative estimate of drug-likeness (QED) is 0.894. The first-order valence-corrected chi connectivity index (χ1v) is 7.21. The Morgan fingerprint density at radius 2 is 2.19 bits per heavy atom. The minimum absolute atomic E-state index is 0.0770. The molecule has 2 rings (SSSR count). The molecule has 0 saturated carbocycles. The average molecular weight is 339 g/mol. The highest BCUT2D eigenvalue weighted by molar-refractivity contribution is 8.00. The Morgan fingerprint density at radius 3 is 2.71 bits per heavy atom. The van der Waals surface area contributed by atoms with E-state index in [0.29, 0.717) is 17.9 Å². The molecule has 7 nitrogen and oxygen atoms in total. The summed E-state index contributed by atoms with van der Waals surface area (Å²) in [4.78, 5) is 13.4. The highest BCUT2D eigenvalue weighted by atomic mass is 32.2. The number of tetrazole rings is 1. The van der Waals surface area contributed by atoms with Crippen LogP contribution in [0.15, 0.2) is 9.50 Å². The second-order valence-corrected chi connectivity index (χ2v) is 5.96. The van der Waals surface area contributed by atoms with Crippen LogP contribution in [0, 0.1) is 0 Å². The Labute approximate surface area is 124 Å². The van der Waals surface area contributed by atoms with Crippen molar-refractivity contribution in [3.8, 4) is 0 Å². The summed E-state index contributed by atoms with van der Waals surface area (Å²) in [6, 6.07) is 0. The van der Waals surface area contributed by atoms with Gasteiger partial charge in [0.05, 0.1) is 0 Å². The lowest BCUT2D eigenvalue weighted by atomic mass is 10.3. The summed E-state index contributed by atoms with van der Waals surface area (Å²) in [5, 5.41) is 19.9. The van der Waals surface area contributed by atoms with Gasteiger partial charge in [-0.05, 0) is 28.6 Å². The van der Waals surface area contributed by atoms with Gasteiger partial charge in [-0.1, -0.05) is 18.3 Å². The van der Waals surface area contributed by atoms with Crippen molar-refractivity contribution in [3.63, 3.8) is 0 Å². The predicted molar refractivity (Wildman–Crippen MR) is 66.3 cm³/mol. The molecule has 0 aliphatic carbocycles. The Morgan fingerprint density at radius 1 is 1.48 bits per heavy atom. The van der Waals surface area contributed by atoms with Crippen LogP contribution in [0.2, 0.25) is 0 Å².